The van der Waals surface area contributed by atoms with E-state index < -0.39 is 5.60 Å². The second-order valence-electron chi connectivity index (χ2n) is 6.18. The van der Waals surface area contributed by atoms with Gasteiger partial charge in [0.25, 0.3) is 5.91 Å². The van der Waals surface area contributed by atoms with Gasteiger partial charge in [0.15, 0.2) is 5.69 Å². The molecule has 1 N–H and O–H groups in total. The average Bonchev–Trinajstić information content (AvgIpc) is 2.97. The second kappa shape index (κ2) is 6.48. The summed E-state index contributed by atoms with van der Waals surface area (Å²) in [5.74, 6) is 0.536. The van der Waals surface area contributed by atoms with Crippen LogP contribution in [-0.4, -0.2) is 68.4 Å². The van der Waals surface area contributed by atoms with Gasteiger partial charge in [-0.15, -0.1) is 5.10 Å². The molecule has 0 aromatic carbocycles. The van der Waals surface area contributed by atoms with Crippen molar-refractivity contribution in [1.29, 1.82) is 0 Å². The quantitative estimate of drug-likeness (QED) is 0.861. The zero-order chi connectivity index (χ0) is 17.2. The van der Waals surface area contributed by atoms with Gasteiger partial charge in [0.05, 0.1) is 6.54 Å². The number of hydrogen-bond donors (Lipinski definition) is 1. The van der Waals surface area contributed by atoms with Crippen molar-refractivity contribution in [3.63, 3.8) is 0 Å². The zero-order valence-corrected chi connectivity index (χ0v) is 13.8. The van der Waals surface area contributed by atoms with Gasteiger partial charge in [0, 0.05) is 38.1 Å². The van der Waals surface area contributed by atoms with E-state index in [0.29, 0.717) is 19.5 Å². The van der Waals surface area contributed by atoms with Crippen LogP contribution >= 0.6 is 0 Å². The molecule has 1 atom stereocenters. The Hall–Kier alpha value is -2.61. The first-order valence-electron chi connectivity index (χ1n) is 7.76. The minimum atomic E-state index is -0.981. The molecule has 1 amide bonds. The fourth-order valence-electron chi connectivity index (χ4n) is 2.92. The van der Waals surface area contributed by atoms with Crippen molar-refractivity contribution in [2.75, 3.05) is 31.6 Å². The van der Waals surface area contributed by atoms with Crippen molar-refractivity contribution in [2.24, 2.45) is 0 Å². The SMILES string of the molecule is Cc1cc(N2CC[C@@](O)(CN(C)C(=O)c3cccnn3)C2)ncn1. The highest BCUT2D eigenvalue weighted by molar-refractivity contribution is 5.91. The lowest BCUT2D eigenvalue weighted by molar-refractivity contribution is 0.0261. The number of carbonyl (C=O) groups excluding carboxylic acids is 1. The molecule has 3 rings (SSSR count). The number of carbonyl (C=O) groups is 1. The number of amides is 1. The van der Waals surface area contributed by atoms with Crippen molar-refractivity contribution in [3.05, 3.63) is 42.1 Å². The molecule has 2 aromatic rings. The molecule has 3 heterocycles. The maximum atomic E-state index is 12.3. The minimum Gasteiger partial charge on any atom is -0.386 e. The largest absolute Gasteiger partial charge is 0.386 e. The number of anilines is 1. The van der Waals surface area contributed by atoms with Crippen LogP contribution in [0.25, 0.3) is 0 Å². The summed E-state index contributed by atoms with van der Waals surface area (Å²) in [5.41, 5.74) is 0.168. The standard InChI is InChI=1S/C16H20N6O2/c1-12-8-14(18-11-17-12)22-7-5-16(24,10-22)9-21(2)15(23)13-4-3-6-19-20-13/h3-4,6,8,11,24H,5,7,9-10H2,1-2H3/t16-/m1/s1. The maximum Gasteiger partial charge on any atom is 0.274 e. The van der Waals surface area contributed by atoms with Crippen molar-refractivity contribution in [1.82, 2.24) is 25.1 Å². The third-order valence-electron chi connectivity index (χ3n) is 4.12. The minimum absolute atomic E-state index is 0.225. The molecule has 24 heavy (non-hydrogen) atoms. The lowest BCUT2D eigenvalue weighted by Crippen LogP contribution is -2.46. The van der Waals surface area contributed by atoms with Gasteiger partial charge in [-0.2, -0.15) is 5.10 Å². The van der Waals surface area contributed by atoms with Gasteiger partial charge in [-0.05, 0) is 25.5 Å². The highest BCUT2D eigenvalue weighted by Gasteiger charge is 2.38. The molecular formula is C16H20N6O2. The Balaban J connectivity index is 1.66. The zero-order valence-electron chi connectivity index (χ0n) is 13.8. The van der Waals surface area contributed by atoms with E-state index in [-0.39, 0.29) is 18.1 Å². The van der Waals surface area contributed by atoms with E-state index in [1.165, 1.54) is 17.4 Å². The van der Waals surface area contributed by atoms with Gasteiger partial charge in [-0.3, -0.25) is 4.79 Å². The summed E-state index contributed by atoms with van der Waals surface area (Å²) in [4.78, 5) is 24.2. The Morgan fingerprint density at radius 1 is 1.46 bits per heavy atom. The Bertz CT molecular complexity index is 726. The highest BCUT2D eigenvalue weighted by atomic mass is 16.3. The monoisotopic (exact) mass is 328 g/mol. The summed E-state index contributed by atoms with van der Waals surface area (Å²) in [5, 5.41) is 18.4. The van der Waals surface area contributed by atoms with Gasteiger partial charge in [0.2, 0.25) is 0 Å². The molecule has 1 aliphatic heterocycles. The number of likely N-dealkylation sites (N-methyl/N-ethyl adjacent to an activating group) is 1. The number of rotatable bonds is 4. The Kier molecular flexibility index (Phi) is 4.39. The number of nitrogens with zero attached hydrogens (tertiary/aromatic N) is 6. The molecule has 0 spiro atoms. The number of hydrogen-bond acceptors (Lipinski definition) is 7. The molecule has 1 aliphatic rings. The highest BCUT2D eigenvalue weighted by Crippen LogP contribution is 2.26. The molecule has 0 unspecified atom stereocenters. The smallest absolute Gasteiger partial charge is 0.274 e. The number of β-amino-alcohol motifs (C(OH)–C–C–N with tert-alkyl or cyclic N) is 1. The number of aromatic nitrogens is 4. The van der Waals surface area contributed by atoms with Crippen molar-refractivity contribution in [3.8, 4) is 0 Å². The third kappa shape index (κ3) is 3.48. The molecule has 8 heteroatoms. The van der Waals surface area contributed by atoms with Crippen LogP contribution in [0.1, 0.15) is 22.6 Å². The summed E-state index contributed by atoms with van der Waals surface area (Å²) >= 11 is 0. The number of aliphatic hydroxyl groups is 1. The molecule has 1 saturated heterocycles. The molecule has 8 nitrogen and oxygen atoms in total. The summed E-state index contributed by atoms with van der Waals surface area (Å²) in [6.07, 6.45) is 3.60. The predicted molar refractivity (Wildman–Crippen MR) is 87.5 cm³/mol. The first-order chi connectivity index (χ1) is 11.5. The van der Waals surface area contributed by atoms with Crippen LogP contribution in [0.4, 0.5) is 5.82 Å². The summed E-state index contributed by atoms with van der Waals surface area (Å²) in [6.45, 7) is 3.23. The van der Waals surface area contributed by atoms with Gasteiger partial charge in [0.1, 0.15) is 17.7 Å². The van der Waals surface area contributed by atoms with Crippen LogP contribution in [0.5, 0.6) is 0 Å². The van der Waals surface area contributed by atoms with Crippen LogP contribution in [0.2, 0.25) is 0 Å². The topological polar surface area (TPSA) is 95.3 Å². The fourth-order valence-corrected chi connectivity index (χ4v) is 2.92. The molecule has 0 bridgehead atoms. The maximum absolute atomic E-state index is 12.3. The average molecular weight is 328 g/mol. The molecule has 2 aromatic heterocycles. The van der Waals surface area contributed by atoms with E-state index >= 15 is 0 Å². The summed E-state index contributed by atoms with van der Waals surface area (Å²) in [7, 11) is 1.66. The molecule has 1 fully saturated rings. The van der Waals surface area contributed by atoms with E-state index in [2.05, 4.69) is 20.2 Å². The Morgan fingerprint density at radius 3 is 3.00 bits per heavy atom. The van der Waals surface area contributed by atoms with Crippen molar-refractivity contribution in [2.45, 2.75) is 18.9 Å². The van der Waals surface area contributed by atoms with Gasteiger partial charge < -0.3 is 14.9 Å². The molecule has 126 valence electrons. The number of aryl methyl sites for hydroxylation is 1. The van der Waals surface area contributed by atoms with Crippen molar-refractivity contribution >= 4 is 11.7 Å². The molecule has 0 aliphatic carbocycles. The van der Waals surface area contributed by atoms with Crippen LogP contribution in [0.3, 0.4) is 0 Å². The van der Waals surface area contributed by atoms with E-state index in [4.69, 9.17) is 0 Å². The summed E-state index contributed by atoms with van der Waals surface area (Å²) in [6, 6.07) is 5.16. The fraction of sp³-hybridized carbons (Fsp3) is 0.438. The van der Waals surface area contributed by atoms with E-state index in [1.54, 1.807) is 19.2 Å². The lowest BCUT2D eigenvalue weighted by Gasteiger charge is -2.29. The molecule has 0 saturated carbocycles. The summed E-state index contributed by atoms with van der Waals surface area (Å²) < 4.78 is 0. The van der Waals surface area contributed by atoms with Crippen LogP contribution in [0, 0.1) is 6.92 Å². The second-order valence-corrected chi connectivity index (χ2v) is 6.18. The van der Waals surface area contributed by atoms with Gasteiger partial charge in [-0.1, -0.05) is 0 Å². The van der Waals surface area contributed by atoms with Gasteiger partial charge >= 0.3 is 0 Å². The lowest BCUT2D eigenvalue weighted by atomic mass is 10.0. The molecule has 0 radical (unpaired) electrons. The van der Waals surface area contributed by atoms with Crippen LogP contribution < -0.4 is 4.90 Å². The van der Waals surface area contributed by atoms with E-state index in [0.717, 1.165) is 11.5 Å². The predicted octanol–water partition coefficient (Wildman–Crippen LogP) is 0.288. The van der Waals surface area contributed by atoms with Crippen LogP contribution in [-0.2, 0) is 0 Å². The first kappa shape index (κ1) is 16.3. The van der Waals surface area contributed by atoms with E-state index in [9.17, 15) is 9.90 Å². The van der Waals surface area contributed by atoms with Crippen molar-refractivity contribution < 1.29 is 9.90 Å². The van der Waals surface area contributed by atoms with Crippen LogP contribution in [0.15, 0.2) is 30.7 Å². The normalized spacial score (nSPS) is 20.2. The Labute approximate surface area is 140 Å². The van der Waals surface area contributed by atoms with Gasteiger partial charge in [-0.25, -0.2) is 9.97 Å². The molecular weight excluding hydrogens is 308 g/mol. The third-order valence-corrected chi connectivity index (χ3v) is 4.12. The Morgan fingerprint density at radius 2 is 2.29 bits per heavy atom. The first-order valence-corrected chi connectivity index (χ1v) is 7.76. The van der Waals surface area contributed by atoms with E-state index in [1.807, 2.05) is 17.9 Å².